The zero-order chi connectivity index (χ0) is 14.8. The highest BCUT2D eigenvalue weighted by molar-refractivity contribution is 5.21. The molecule has 116 valence electrons. The second kappa shape index (κ2) is 6.45. The first-order valence-corrected chi connectivity index (χ1v) is 8.40. The molecule has 2 N–H and O–H groups in total. The first-order chi connectivity index (χ1) is 10.1. The molecule has 0 radical (unpaired) electrons. The van der Waals surface area contributed by atoms with Gasteiger partial charge in [-0.05, 0) is 55.8 Å². The Kier molecular flexibility index (Phi) is 4.60. The van der Waals surface area contributed by atoms with E-state index in [2.05, 4.69) is 11.8 Å². The number of nitrogens with zero attached hydrogens (tertiary/aromatic N) is 1. The van der Waals surface area contributed by atoms with Gasteiger partial charge in [-0.1, -0.05) is 31.4 Å². The van der Waals surface area contributed by atoms with Crippen LogP contribution in [0.1, 0.15) is 50.6 Å². The highest BCUT2D eigenvalue weighted by atomic mass is 19.1. The van der Waals surface area contributed by atoms with Crippen LogP contribution >= 0.6 is 0 Å². The van der Waals surface area contributed by atoms with Gasteiger partial charge in [-0.15, -0.1) is 0 Å². The number of hydrogen-bond donors (Lipinski definition) is 1. The molecule has 1 aliphatic heterocycles. The summed E-state index contributed by atoms with van der Waals surface area (Å²) in [6, 6.07) is 7.19. The van der Waals surface area contributed by atoms with Crippen LogP contribution in [0.2, 0.25) is 0 Å². The van der Waals surface area contributed by atoms with Crippen molar-refractivity contribution in [3.05, 3.63) is 35.6 Å². The molecular formula is C18H27FN2. The molecule has 0 bridgehead atoms. The second-order valence-corrected chi connectivity index (χ2v) is 6.94. The van der Waals surface area contributed by atoms with Gasteiger partial charge in [0.1, 0.15) is 5.82 Å². The van der Waals surface area contributed by atoms with Gasteiger partial charge < -0.3 is 5.73 Å². The number of hydrogen-bond acceptors (Lipinski definition) is 2. The second-order valence-electron chi connectivity index (χ2n) is 6.94. The van der Waals surface area contributed by atoms with Crippen molar-refractivity contribution in [3.8, 4) is 0 Å². The summed E-state index contributed by atoms with van der Waals surface area (Å²) >= 11 is 0. The zero-order valence-electron chi connectivity index (χ0n) is 13.0. The average Bonchev–Trinajstić information content (AvgIpc) is 2.49. The number of halogens is 1. The van der Waals surface area contributed by atoms with Crippen molar-refractivity contribution in [1.29, 1.82) is 0 Å². The Morgan fingerprint density at radius 2 is 1.76 bits per heavy atom. The standard InChI is InChI=1S/C18H27FN2/c1-13(20)18(15-6-8-17(19)9-7-15)21-11-10-14-4-2-3-5-16(14)12-21/h6-9,13-14,16,18H,2-5,10-12,20H2,1H3. The molecule has 0 amide bonds. The van der Waals surface area contributed by atoms with Gasteiger partial charge in [0, 0.05) is 18.6 Å². The van der Waals surface area contributed by atoms with E-state index in [4.69, 9.17) is 5.73 Å². The van der Waals surface area contributed by atoms with Crippen LogP contribution in [-0.4, -0.2) is 24.0 Å². The Hall–Kier alpha value is -0.930. The highest BCUT2D eigenvalue weighted by Gasteiger charge is 2.35. The molecule has 1 aromatic rings. The normalized spacial score (nSPS) is 29.7. The topological polar surface area (TPSA) is 29.3 Å². The van der Waals surface area contributed by atoms with Crippen molar-refractivity contribution in [2.45, 2.75) is 51.1 Å². The van der Waals surface area contributed by atoms with Gasteiger partial charge in [-0.25, -0.2) is 4.39 Å². The minimum atomic E-state index is -0.173. The SMILES string of the molecule is CC(N)C(c1ccc(F)cc1)N1CCC2CCCCC2C1. The molecular weight excluding hydrogens is 263 g/mol. The maximum absolute atomic E-state index is 13.2. The van der Waals surface area contributed by atoms with E-state index in [0.717, 1.165) is 30.5 Å². The van der Waals surface area contributed by atoms with Crippen molar-refractivity contribution < 1.29 is 4.39 Å². The van der Waals surface area contributed by atoms with Crippen molar-refractivity contribution in [3.63, 3.8) is 0 Å². The maximum Gasteiger partial charge on any atom is 0.123 e. The van der Waals surface area contributed by atoms with Gasteiger partial charge >= 0.3 is 0 Å². The number of benzene rings is 1. The lowest BCUT2D eigenvalue weighted by atomic mass is 9.74. The minimum Gasteiger partial charge on any atom is -0.326 e. The lowest BCUT2D eigenvalue weighted by Gasteiger charge is -2.45. The van der Waals surface area contributed by atoms with Gasteiger partial charge in [0.2, 0.25) is 0 Å². The van der Waals surface area contributed by atoms with Crippen LogP contribution in [0.3, 0.4) is 0 Å². The number of rotatable bonds is 3. The number of piperidine rings is 1. The number of fused-ring (bicyclic) bond motifs is 1. The summed E-state index contributed by atoms with van der Waals surface area (Å²) in [5.41, 5.74) is 7.42. The average molecular weight is 290 g/mol. The lowest BCUT2D eigenvalue weighted by molar-refractivity contribution is 0.0494. The molecule has 1 saturated carbocycles. The van der Waals surface area contributed by atoms with Crippen molar-refractivity contribution in [1.82, 2.24) is 4.90 Å². The molecule has 1 aromatic carbocycles. The summed E-state index contributed by atoms with van der Waals surface area (Å²) in [6.07, 6.45) is 6.88. The van der Waals surface area contributed by atoms with Gasteiger partial charge in [-0.2, -0.15) is 0 Å². The molecule has 4 unspecified atom stereocenters. The van der Waals surface area contributed by atoms with Gasteiger partial charge in [0.15, 0.2) is 0 Å². The lowest BCUT2D eigenvalue weighted by Crippen LogP contribution is -2.47. The van der Waals surface area contributed by atoms with Crippen LogP contribution in [0.4, 0.5) is 4.39 Å². The van der Waals surface area contributed by atoms with Crippen LogP contribution in [0.25, 0.3) is 0 Å². The Morgan fingerprint density at radius 1 is 1.10 bits per heavy atom. The molecule has 4 atom stereocenters. The Morgan fingerprint density at radius 3 is 2.43 bits per heavy atom. The smallest absolute Gasteiger partial charge is 0.123 e. The molecule has 2 aliphatic rings. The van der Waals surface area contributed by atoms with Crippen LogP contribution in [0.15, 0.2) is 24.3 Å². The zero-order valence-corrected chi connectivity index (χ0v) is 13.0. The molecule has 3 rings (SSSR count). The van der Waals surface area contributed by atoms with E-state index >= 15 is 0 Å². The minimum absolute atomic E-state index is 0.0654. The van der Waals surface area contributed by atoms with Crippen LogP contribution in [0.5, 0.6) is 0 Å². The predicted octanol–water partition coefficient (Wildman–Crippen LogP) is 3.73. The van der Waals surface area contributed by atoms with E-state index in [1.807, 2.05) is 12.1 Å². The number of nitrogens with two attached hydrogens (primary N) is 1. The fraction of sp³-hybridized carbons (Fsp3) is 0.667. The molecule has 2 fully saturated rings. The van der Waals surface area contributed by atoms with E-state index in [1.54, 1.807) is 12.1 Å². The molecule has 0 aromatic heterocycles. The van der Waals surface area contributed by atoms with Crippen LogP contribution in [-0.2, 0) is 0 Å². The summed E-state index contributed by atoms with van der Waals surface area (Å²) in [5.74, 6) is 1.60. The Bertz CT molecular complexity index is 457. The maximum atomic E-state index is 13.2. The summed E-state index contributed by atoms with van der Waals surface area (Å²) in [7, 11) is 0. The molecule has 1 heterocycles. The monoisotopic (exact) mass is 290 g/mol. The summed E-state index contributed by atoms with van der Waals surface area (Å²) in [4.78, 5) is 2.55. The van der Waals surface area contributed by atoms with Crippen LogP contribution in [0, 0.1) is 17.7 Å². The van der Waals surface area contributed by atoms with E-state index < -0.39 is 0 Å². The third-order valence-corrected chi connectivity index (χ3v) is 5.43. The van der Waals surface area contributed by atoms with Crippen molar-refractivity contribution in [2.75, 3.05) is 13.1 Å². The van der Waals surface area contributed by atoms with Crippen molar-refractivity contribution in [2.24, 2.45) is 17.6 Å². The van der Waals surface area contributed by atoms with Gasteiger partial charge in [-0.3, -0.25) is 4.90 Å². The van der Waals surface area contributed by atoms with E-state index in [1.165, 1.54) is 32.1 Å². The Labute approximate surface area is 127 Å². The van der Waals surface area contributed by atoms with E-state index in [0.29, 0.717) is 0 Å². The first kappa shape index (κ1) is 15.0. The number of likely N-dealkylation sites (tertiary alicyclic amines) is 1. The molecule has 1 aliphatic carbocycles. The van der Waals surface area contributed by atoms with E-state index in [-0.39, 0.29) is 17.9 Å². The van der Waals surface area contributed by atoms with Crippen molar-refractivity contribution >= 4 is 0 Å². The van der Waals surface area contributed by atoms with Gasteiger partial charge in [0.25, 0.3) is 0 Å². The van der Waals surface area contributed by atoms with Crippen LogP contribution < -0.4 is 5.73 Å². The third-order valence-electron chi connectivity index (χ3n) is 5.43. The van der Waals surface area contributed by atoms with E-state index in [9.17, 15) is 4.39 Å². The fourth-order valence-electron chi connectivity index (χ4n) is 4.39. The fourth-order valence-corrected chi connectivity index (χ4v) is 4.39. The summed E-state index contributed by atoms with van der Waals surface area (Å²) in [5, 5.41) is 0. The largest absolute Gasteiger partial charge is 0.326 e. The molecule has 2 nitrogen and oxygen atoms in total. The quantitative estimate of drug-likeness (QED) is 0.919. The first-order valence-electron chi connectivity index (χ1n) is 8.40. The summed E-state index contributed by atoms with van der Waals surface area (Å²) in [6.45, 7) is 4.36. The predicted molar refractivity (Wildman–Crippen MR) is 84.4 cm³/mol. The van der Waals surface area contributed by atoms with Gasteiger partial charge in [0.05, 0.1) is 0 Å². The Balaban J connectivity index is 1.76. The molecule has 3 heteroatoms. The molecule has 21 heavy (non-hydrogen) atoms. The molecule has 0 spiro atoms. The highest BCUT2D eigenvalue weighted by Crippen LogP contribution is 2.39. The summed E-state index contributed by atoms with van der Waals surface area (Å²) < 4.78 is 13.2. The molecule has 1 saturated heterocycles. The third kappa shape index (κ3) is 3.29.